The van der Waals surface area contributed by atoms with Gasteiger partial charge in [-0.05, 0) is 44.4 Å². The Balaban J connectivity index is 1.46. The summed E-state index contributed by atoms with van der Waals surface area (Å²) < 4.78 is 4.38. The van der Waals surface area contributed by atoms with E-state index in [2.05, 4.69) is 14.7 Å². The van der Waals surface area contributed by atoms with Crippen molar-refractivity contribution in [3.05, 3.63) is 5.82 Å². The van der Waals surface area contributed by atoms with E-state index in [0.29, 0.717) is 11.8 Å². The fraction of sp³-hybridized carbons (Fsp3) is 0.833. The molecule has 5 heteroatoms. The summed E-state index contributed by atoms with van der Waals surface area (Å²) >= 11 is 1.49. The first-order valence-corrected chi connectivity index (χ1v) is 7.34. The van der Waals surface area contributed by atoms with Crippen LogP contribution in [0.1, 0.15) is 50.3 Å². The largest absolute Gasteiger partial charge is 0.393 e. The van der Waals surface area contributed by atoms with Gasteiger partial charge in [0.25, 0.3) is 0 Å². The minimum atomic E-state index is -0.0609. The smallest absolute Gasteiger partial charge is 0.202 e. The van der Waals surface area contributed by atoms with Gasteiger partial charge in [-0.3, -0.25) is 0 Å². The number of aliphatic hydroxyl groups excluding tert-OH is 1. The maximum absolute atomic E-state index is 9.44. The van der Waals surface area contributed by atoms with Crippen LogP contribution in [0.3, 0.4) is 0 Å². The summed E-state index contributed by atoms with van der Waals surface area (Å²) in [7, 11) is 0. The second kappa shape index (κ2) is 4.90. The lowest BCUT2D eigenvalue weighted by atomic mass is 9.87. The first-order chi connectivity index (χ1) is 8.31. The number of aliphatic hydroxyl groups is 1. The molecule has 0 atom stereocenters. The Kier molecular flexibility index (Phi) is 3.29. The van der Waals surface area contributed by atoms with Gasteiger partial charge in [0.2, 0.25) is 5.13 Å². The highest BCUT2D eigenvalue weighted by Gasteiger charge is 2.28. The molecule has 17 heavy (non-hydrogen) atoms. The molecule has 2 saturated carbocycles. The van der Waals surface area contributed by atoms with Gasteiger partial charge in [-0.15, -0.1) is 0 Å². The molecule has 3 rings (SSSR count). The number of rotatable bonds is 4. The van der Waals surface area contributed by atoms with E-state index in [1.54, 1.807) is 0 Å². The van der Waals surface area contributed by atoms with Gasteiger partial charge in [-0.1, -0.05) is 0 Å². The van der Waals surface area contributed by atoms with E-state index in [0.717, 1.165) is 43.2 Å². The molecule has 94 valence electrons. The molecule has 0 aromatic carbocycles. The third-order valence-corrected chi connectivity index (χ3v) is 4.43. The normalized spacial score (nSPS) is 29.2. The monoisotopic (exact) mass is 253 g/mol. The van der Waals surface area contributed by atoms with Crippen molar-refractivity contribution >= 4 is 16.7 Å². The van der Waals surface area contributed by atoms with Crippen LogP contribution in [-0.2, 0) is 0 Å². The van der Waals surface area contributed by atoms with E-state index in [1.165, 1.54) is 24.4 Å². The van der Waals surface area contributed by atoms with Crippen molar-refractivity contribution in [2.75, 3.05) is 11.9 Å². The molecule has 4 nitrogen and oxygen atoms in total. The lowest BCUT2D eigenvalue weighted by Gasteiger charge is -2.25. The predicted molar refractivity (Wildman–Crippen MR) is 68.3 cm³/mol. The number of nitrogens with one attached hydrogen (secondary N) is 1. The second-order valence-electron chi connectivity index (χ2n) is 5.29. The molecule has 0 radical (unpaired) electrons. The zero-order valence-electron chi connectivity index (χ0n) is 9.93. The Morgan fingerprint density at radius 2 is 1.94 bits per heavy atom. The van der Waals surface area contributed by atoms with Crippen molar-refractivity contribution in [1.82, 2.24) is 9.36 Å². The number of hydrogen-bond donors (Lipinski definition) is 2. The number of nitrogens with zero attached hydrogens (tertiary/aromatic N) is 2. The van der Waals surface area contributed by atoms with Crippen LogP contribution in [0, 0.1) is 5.92 Å². The molecule has 2 aliphatic carbocycles. The van der Waals surface area contributed by atoms with Gasteiger partial charge in [0.1, 0.15) is 5.82 Å². The van der Waals surface area contributed by atoms with Crippen LogP contribution in [0.15, 0.2) is 0 Å². The molecule has 2 N–H and O–H groups in total. The van der Waals surface area contributed by atoms with Crippen molar-refractivity contribution in [3.8, 4) is 0 Å². The van der Waals surface area contributed by atoms with E-state index in [4.69, 9.17) is 0 Å². The molecule has 1 heterocycles. The Bertz CT molecular complexity index is 370. The molecule has 0 spiro atoms. The van der Waals surface area contributed by atoms with E-state index in [-0.39, 0.29) is 6.10 Å². The predicted octanol–water partition coefficient (Wildman–Crippen LogP) is 2.38. The highest BCUT2D eigenvalue weighted by Crippen LogP contribution is 2.39. The van der Waals surface area contributed by atoms with Crippen molar-refractivity contribution in [2.24, 2.45) is 5.92 Å². The van der Waals surface area contributed by atoms with Crippen LogP contribution < -0.4 is 5.32 Å². The van der Waals surface area contributed by atoms with Crippen molar-refractivity contribution < 1.29 is 5.11 Å². The molecule has 0 bridgehead atoms. The molecular weight excluding hydrogens is 234 g/mol. The van der Waals surface area contributed by atoms with Gasteiger partial charge in [0.05, 0.1) is 6.10 Å². The molecular formula is C12H19N3OS. The van der Waals surface area contributed by atoms with Gasteiger partial charge in [0.15, 0.2) is 0 Å². The van der Waals surface area contributed by atoms with E-state index >= 15 is 0 Å². The van der Waals surface area contributed by atoms with Gasteiger partial charge in [-0.25, -0.2) is 4.98 Å². The zero-order chi connectivity index (χ0) is 11.7. The molecule has 2 fully saturated rings. The lowest BCUT2D eigenvalue weighted by molar-refractivity contribution is 0.111. The summed E-state index contributed by atoms with van der Waals surface area (Å²) in [6.45, 7) is 0.978. The molecule has 0 aliphatic heterocycles. The summed E-state index contributed by atoms with van der Waals surface area (Å²) in [6.07, 6.45) is 6.62. The van der Waals surface area contributed by atoms with Gasteiger partial charge in [0, 0.05) is 24.0 Å². The highest BCUT2D eigenvalue weighted by molar-refractivity contribution is 7.09. The Labute approximate surface area is 106 Å². The molecule has 1 aromatic rings. The second-order valence-corrected chi connectivity index (χ2v) is 6.04. The third kappa shape index (κ3) is 2.96. The summed E-state index contributed by atoms with van der Waals surface area (Å²) in [5, 5.41) is 13.8. The molecule has 0 unspecified atom stereocenters. The SMILES string of the molecule is OC1CCC(CNc2nc(C3CC3)ns2)CC1. The summed E-state index contributed by atoms with van der Waals surface area (Å²) in [6, 6.07) is 0. The Hall–Kier alpha value is -0.680. The third-order valence-electron chi connectivity index (χ3n) is 3.74. The van der Waals surface area contributed by atoms with E-state index in [9.17, 15) is 5.11 Å². The summed E-state index contributed by atoms with van der Waals surface area (Å²) in [5.41, 5.74) is 0. The average Bonchev–Trinajstić information content (AvgIpc) is 3.09. The minimum Gasteiger partial charge on any atom is -0.393 e. The zero-order valence-corrected chi connectivity index (χ0v) is 10.7. The van der Waals surface area contributed by atoms with Gasteiger partial charge >= 0.3 is 0 Å². The van der Waals surface area contributed by atoms with Gasteiger partial charge in [-0.2, -0.15) is 4.37 Å². The number of anilines is 1. The van der Waals surface area contributed by atoms with Crippen molar-refractivity contribution in [1.29, 1.82) is 0 Å². The number of aromatic nitrogens is 2. The Morgan fingerprint density at radius 3 is 2.65 bits per heavy atom. The molecule has 2 aliphatic rings. The average molecular weight is 253 g/mol. The quantitative estimate of drug-likeness (QED) is 0.865. The van der Waals surface area contributed by atoms with Crippen LogP contribution in [-0.4, -0.2) is 27.1 Å². The topological polar surface area (TPSA) is 58.0 Å². The summed E-state index contributed by atoms with van der Waals surface area (Å²) in [5.74, 6) is 2.37. The standard InChI is InChI=1S/C12H19N3OS/c16-10-5-1-8(2-6-10)7-13-12-14-11(15-17-12)9-3-4-9/h8-10,16H,1-7H2,(H,13,14,15). The molecule has 0 amide bonds. The maximum atomic E-state index is 9.44. The van der Waals surface area contributed by atoms with Crippen LogP contribution in [0.5, 0.6) is 0 Å². The fourth-order valence-corrected chi connectivity index (χ4v) is 3.05. The van der Waals surface area contributed by atoms with Crippen LogP contribution >= 0.6 is 11.5 Å². The van der Waals surface area contributed by atoms with Crippen LogP contribution in [0.4, 0.5) is 5.13 Å². The number of hydrogen-bond acceptors (Lipinski definition) is 5. The minimum absolute atomic E-state index is 0.0609. The van der Waals surface area contributed by atoms with E-state index < -0.39 is 0 Å². The first-order valence-electron chi connectivity index (χ1n) is 6.57. The Morgan fingerprint density at radius 1 is 1.18 bits per heavy atom. The highest BCUT2D eigenvalue weighted by atomic mass is 32.1. The van der Waals surface area contributed by atoms with Crippen LogP contribution in [0.2, 0.25) is 0 Å². The van der Waals surface area contributed by atoms with Crippen molar-refractivity contribution in [3.63, 3.8) is 0 Å². The maximum Gasteiger partial charge on any atom is 0.202 e. The van der Waals surface area contributed by atoms with Crippen molar-refractivity contribution in [2.45, 2.75) is 50.5 Å². The fourth-order valence-electron chi connectivity index (χ4n) is 2.39. The molecule has 0 saturated heterocycles. The van der Waals surface area contributed by atoms with Crippen LogP contribution in [0.25, 0.3) is 0 Å². The lowest BCUT2D eigenvalue weighted by Crippen LogP contribution is -2.23. The summed E-state index contributed by atoms with van der Waals surface area (Å²) in [4.78, 5) is 4.52. The first kappa shape index (κ1) is 11.4. The van der Waals surface area contributed by atoms with Gasteiger partial charge < -0.3 is 10.4 Å². The molecule has 1 aromatic heterocycles. The van der Waals surface area contributed by atoms with E-state index in [1.807, 2.05) is 0 Å².